The lowest BCUT2D eigenvalue weighted by Gasteiger charge is -2.37. The van der Waals surface area contributed by atoms with E-state index in [9.17, 15) is 58.2 Å². The lowest BCUT2D eigenvalue weighted by Crippen LogP contribution is -2.61. The first-order chi connectivity index (χ1) is 37.1. The zero-order valence-corrected chi connectivity index (χ0v) is 47.3. The van der Waals surface area contributed by atoms with Crippen molar-refractivity contribution in [1.29, 1.82) is 0 Å². The smallest absolute Gasteiger partial charge is 0.274 e. The zero-order valence-electron chi connectivity index (χ0n) is 44.1. The van der Waals surface area contributed by atoms with Gasteiger partial charge in [-0.25, -0.2) is 9.97 Å². The van der Waals surface area contributed by atoms with Gasteiger partial charge in [0.2, 0.25) is 47.3 Å². The lowest BCUT2D eigenvalue weighted by molar-refractivity contribution is -0.149. The van der Waals surface area contributed by atoms with Crippen LogP contribution >= 0.6 is 45.1 Å². The van der Waals surface area contributed by atoms with E-state index in [1.807, 2.05) is 0 Å². The minimum absolute atomic E-state index is 0.0259. The monoisotopic (exact) mass is 1150 g/mol. The summed E-state index contributed by atoms with van der Waals surface area (Å²) in [6, 6.07) is 7.73. The first kappa shape index (κ1) is 60.2. The van der Waals surface area contributed by atoms with Crippen LogP contribution in [0.1, 0.15) is 21.0 Å². The van der Waals surface area contributed by atoms with Gasteiger partial charge in [0.1, 0.15) is 47.8 Å². The predicted octanol–water partition coefficient (Wildman–Crippen LogP) is -0.317. The molecule has 6 rings (SSSR count). The number of hydrogen-bond acceptors (Lipinski definition) is 18. The fourth-order valence-electron chi connectivity index (χ4n) is 8.50. The van der Waals surface area contributed by atoms with Gasteiger partial charge in [-0.05, 0) is 36.8 Å². The van der Waals surface area contributed by atoms with Crippen molar-refractivity contribution >= 4 is 126 Å². The number of benzene rings is 2. The van der Waals surface area contributed by atoms with E-state index in [1.54, 1.807) is 61.0 Å². The molecule has 418 valence electrons. The second-order valence-electron chi connectivity index (χ2n) is 18.5. The molecule has 4 heterocycles. The van der Waals surface area contributed by atoms with Crippen molar-refractivity contribution in [3.8, 4) is 11.5 Å². The maximum absolute atomic E-state index is 14.9. The maximum atomic E-state index is 14.9. The number of carbonyl (C=O) groups excluding carboxylic acids is 10. The molecule has 2 saturated heterocycles. The Morgan fingerprint density at radius 1 is 0.577 bits per heavy atom. The minimum atomic E-state index is -1.60. The highest BCUT2D eigenvalue weighted by molar-refractivity contribution is 8.76. The van der Waals surface area contributed by atoms with E-state index in [1.165, 1.54) is 87.7 Å². The van der Waals surface area contributed by atoms with Crippen LogP contribution in [0.15, 0.2) is 60.7 Å². The van der Waals surface area contributed by atoms with Gasteiger partial charge in [0, 0.05) is 89.2 Å². The summed E-state index contributed by atoms with van der Waals surface area (Å²) in [5.74, 6) is -9.45. The average Bonchev–Trinajstić information content (AvgIpc) is 3.48. The molecule has 0 saturated carbocycles. The Kier molecular flexibility index (Phi) is 20.9. The number of nitrogens with zero attached hydrogens (tertiary/aromatic N) is 8. The Bertz CT molecular complexity index is 2780. The molecule has 6 unspecified atom stereocenters. The van der Waals surface area contributed by atoms with Crippen molar-refractivity contribution in [2.24, 2.45) is 0 Å². The van der Waals surface area contributed by atoms with Crippen LogP contribution in [0.4, 0.5) is 0 Å². The first-order valence-electron chi connectivity index (χ1n) is 24.2. The summed E-state index contributed by atoms with van der Waals surface area (Å²) in [5.41, 5.74) is -0.146. The van der Waals surface area contributed by atoms with Crippen molar-refractivity contribution in [3.05, 3.63) is 72.1 Å². The number of amides is 10. The lowest BCUT2D eigenvalue weighted by atomic mass is 10.1. The molecule has 24 nitrogen and oxygen atoms in total. The van der Waals surface area contributed by atoms with Gasteiger partial charge in [-0.2, -0.15) is 23.5 Å². The van der Waals surface area contributed by atoms with Crippen LogP contribution in [-0.2, 0) is 38.4 Å². The molecule has 2 aliphatic rings. The van der Waals surface area contributed by atoms with Gasteiger partial charge in [0.15, 0.2) is 11.4 Å². The molecule has 0 spiro atoms. The molecule has 0 radical (unpaired) electrons. The number of pyridine rings is 2. The highest BCUT2D eigenvalue weighted by Crippen LogP contribution is 2.29. The van der Waals surface area contributed by atoms with E-state index in [4.69, 9.17) is 0 Å². The quantitative estimate of drug-likeness (QED) is 0.123. The third-order valence-electron chi connectivity index (χ3n) is 13.3. The minimum Gasteiger partial charge on any atom is -0.505 e. The van der Waals surface area contributed by atoms with E-state index in [2.05, 4.69) is 31.2 Å². The summed E-state index contributed by atoms with van der Waals surface area (Å²) in [7, 11) is 10.2. The summed E-state index contributed by atoms with van der Waals surface area (Å²) in [4.78, 5) is 159. The molecular weight excluding hydrogens is 1090 g/mol. The Morgan fingerprint density at radius 2 is 0.936 bits per heavy atom. The summed E-state index contributed by atoms with van der Waals surface area (Å²) in [6.45, 7) is -2.49. The van der Waals surface area contributed by atoms with Crippen LogP contribution in [0.5, 0.6) is 11.5 Å². The number of rotatable bonds is 8. The second kappa shape index (κ2) is 27.0. The topological polar surface area (TPSA) is 304 Å². The Hall–Kier alpha value is -7.04. The molecule has 78 heavy (non-hydrogen) atoms. The van der Waals surface area contributed by atoms with E-state index >= 15 is 0 Å². The van der Waals surface area contributed by atoms with E-state index in [0.29, 0.717) is 21.8 Å². The molecule has 10 amide bonds. The largest absolute Gasteiger partial charge is 0.505 e. The number of likely N-dealkylation sites (N-methyl/N-ethyl adjacent to an activating group) is 6. The fourth-order valence-corrected chi connectivity index (χ4v) is 12.4. The van der Waals surface area contributed by atoms with Crippen molar-refractivity contribution in [2.75, 3.05) is 104 Å². The van der Waals surface area contributed by atoms with Crippen LogP contribution in [0.25, 0.3) is 21.8 Å². The fraction of sp³-hybridized carbons (Fsp3) is 0.440. The predicted molar refractivity (Wildman–Crippen MR) is 299 cm³/mol. The van der Waals surface area contributed by atoms with Crippen LogP contribution < -0.4 is 21.3 Å². The normalized spacial score (nSPS) is 22.6. The SMILES string of the molecule is CSCC1C(=O)N(C)CC(NC(=O)c2nc3ccccc3cc2O)C(=O)NCC(=O)N(C)C2CSSCC(C(=O)N1C)N(C)C(=O)CNC(=O)C(NC(=O)c1nc3ccccc3cc1O)CN(C)C(=O)C(CSC)N(C)C2=O. The van der Waals surface area contributed by atoms with Crippen LogP contribution in [0, 0.1) is 0 Å². The Balaban J connectivity index is 1.39. The van der Waals surface area contributed by atoms with E-state index in [-0.39, 0.29) is 23.0 Å². The van der Waals surface area contributed by atoms with Gasteiger partial charge in [0.05, 0.1) is 24.1 Å². The maximum Gasteiger partial charge on any atom is 0.274 e. The summed E-state index contributed by atoms with van der Waals surface area (Å²) < 4.78 is 0. The number of hydrogen-bond donors (Lipinski definition) is 6. The molecule has 2 bridgehead atoms. The Labute approximate surface area is 466 Å². The van der Waals surface area contributed by atoms with Gasteiger partial charge < -0.3 is 60.9 Å². The molecule has 6 atom stereocenters. The van der Waals surface area contributed by atoms with Gasteiger partial charge in [-0.15, -0.1) is 0 Å². The van der Waals surface area contributed by atoms with Gasteiger partial charge in [0.25, 0.3) is 11.8 Å². The number of nitrogens with one attached hydrogen (secondary N) is 4. The zero-order chi connectivity index (χ0) is 57.1. The number of para-hydroxylation sites is 2. The van der Waals surface area contributed by atoms with Crippen LogP contribution in [0.2, 0.25) is 0 Å². The van der Waals surface area contributed by atoms with Crippen molar-refractivity contribution < 1.29 is 58.2 Å². The summed E-state index contributed by atoms with van der Waals surface area (Å²) >= 11 is 2.45. The van der Waals surface area contributed by atoms with E-state index < -0.39 is 144 Å². The van der Waals surface area contributed by atoms with Gasteiger partial charge >= 0.3 is 0 Å². The van der Waals surface area contributed by atoms with Crippen molar-refractivity contribution in [3.63, 3.8) is 0 Å². The highest BCUT2D eigenvalue weighted by atomic mass is 33.1. The van der Waals surface area contributed by atoms with Crippen molar-refractivity contribution in [2.45, 2.75) is 36.3 Å². The van der Waals surface area contributed by atoms with Crippen LogP contribution in [-0.4, -0.2) is 249 Å². The van der Waals surface area contributed by atoms with Crippen molar-refractivity contribution in [1.82, 2.24) is 60.6 Å². The van der Waals surface area contributed by atoms with Crippen LogP contribution in [0.3, 0.4) is 0 Å². The average molecular weight is 1150 g/mol. The molecule has 4 aromatic rings. The molecule has 2 aromatic heterocycles. The number of thioether (sulfide) groups is 2. The van der Waals surface area contributed by atoms with E-state index in [0.717, 1.165) is 41.2 Å². The molecule has 6 N–H and O–H groups in total. The van der Waals surface area contributed by atoms with Gasteiger partial charge in [-0.3, -0.25) is 47.9 Å². The first-order valence-corrected chi connectivity index (χ1v) is 29.5. The van der Waals surface area contributed by atoms with Gasteiger partial charge in [-0.1, -0.05) is 58.0 Å². The summed E-state index contributed by atoms with van der Waals surface area (Å²) in [5, 5.41) is 32.9. The standard InChI is InChI=1S/C50H62N12O12S4/c1-57-21-31(55-45(69)41-37(63)17-27-13-9-11-15-29(27)53-41)43(67)51-19-39(65)60(4)36-26-78-77-25-35(49(73)61(5)33(23-75-7)47(57)71)59(3)40(66)20-52-44(68)32(22-58(2)48(72)34(24-76-8)62(6)50(36)74)56-46(70)42-38(64)18-28-14-10-12-16-30(28)54-42/h9-18,31-36,63-64H,19-26H2,1-8H3,(H,51,67)(H,52,68)(H,55,69)(H,56,70). The molecule has 2 fully saturated rings. The second-order valence-corrected chi connectivity index (χ2v) is 22.8. The summed E-state index contributed by atoms with van der Waals surface area (Å²) in [6.07, 6.45) is 3.41. The third-order valence-corrected chi connectivity index (χ3v) is 16.9. The molecule has 2 aromatic carbocycles. The molecule has 28 heteroatoms. The number of fused-ring (bicyclic) bond motifs is 7. The molecule has 2 aliphatic heterocycles. The Morgan fingerprint density at radius 3 is 1.29 bits per heavy atom. The highest BCUT2D eigenvalue weighted by Gasteiger charge is 2.41. The molecular formula is C50H62N12O12S4. The molecule has 0 aliphatic carbocycles. The number of carbonyl (C=O) groups is 10. The number of aromatic nitrogens is 2. The third kappa shape index (κ3) is 14.2. The number of aromatic hydroxyl groups is 2.